The summed E-state index contributed by atoms with van der Waals surface area (Å²) in [5.41, 5.74) is 2.31. The van der Waals surface area contributed by atoms with Crippen molar-refractivity contribution in [2.24, 2.45) is 5.84 Å². The van der Waals surface area contributed by atoms with Crippen LogP contribution in [-0.4, -0.2) is 18.3 Å². The minimum absolute atomic E-state index is 0.246. The molecule has 3 N–H and O–H groups in total. The molecule has 0 unspecified atom stereocenters. The van der Waals surface area contributed by atoms with Crippen LogP contribution in [0.3, 0.4) is 0 Å². The topological polar surface area (TPSA) is 56.5 Å². The van der Waals surface area contributed by atoms with Gasteiger partial charge in [0.1, 0.15) is 5.82 Å². The van der Waals surface area contributed by atoms with Crippen molar-refractivity contribution in [3.05, 3.63) is 24.0 Å². The number of nitrogens with one attached hydrogen (secondary N) is 1. The number of hydrogen-bond acceptors (Lipinski definition) is 4. The fourth-order valence-corrected chi connectivity index (χ4v) is 1.77. The lowest BCUT2D eigenvalue weighted by atomic mass is 9.79. The first-order valence-corrected chi connectivity index (χ1v) is 5.88. The van der Waals surface area contributed by atoms with Gasteiger partial charge in [0.05, 0.1) is 16.9 Å². The Balaban J connectivity index is 2.27. The molecular weight excluding hydrogens is 234 g/mol. The number of nitrogen functional groups attached to an aromatic ring is 1. The molecule has 1 heterocycles. The number of benzene rings is 1. The van der Waals surface area contributed by atoms with E-state index in [2.05, 4.69) is 5.43 Å². The fourth-order valence-electron chi connectivity index (χ4n) is 1.77. The minimum Gasteiger partial charge on any atom is -0.399 e. The third-order valence-electron chi connectivity index (χ3n) is 3.67. The van der Waals surface area contributed by atoms with E-state index in [9.17, 15) is 4.39 Å². The average molecular weight is 252 g/mol. The molecular formula is C12H18BFN2O2. The van der Waals surface area contributed by atoms with E-state index in [1.54, 1.807) is 12.1 Å². The van der Waals surface area contributed by atoms with Crippen LogP contribution in [0, 0.1) is 5.82 Å². The standard InChI is InChI=1S/C12H18BFN2O2/c1-11(2)12(3,4)18-13(17-11)8-5-6-10(16-15)9(14)7-8/h5-7,16H,15H2,1-4H3. The van der Waals surface area contributed by atoms with Crippen molar-refractivity contribution in [1.29, 1.82) is 0 Å². The second kappa shape index (κ2) is 4.22. The Labute approximate surface area is 107 Å². The van der Waals surface area contributed by atoms with Gasteiger partial charge in [-0.3, -0.25) is 5.84 Å². The number of halogens is 1. The van der Waals surface area contributed by atoms with Crippen LogP contribution in [0.1, 0.15) is 27.7 Å². The molecule has 0 saturated carbocycles. The molecule has 6 heteroatoms. The van der Waals surface area contributed by atoms with Gasteiger partial charge in [-0.15, -0.1) is 0 Å². The molecule has 4 nitrogen and oxygen atoms in total. The third-order valence-corrected chi connectivity index (χ3v) is 3.67. The third kappa shape index (κ3) is 2.11. The Bertz CT molecular complexity index is 449. The van der Waals surface area contributed by atoms with E-state index >= 15 is 0 Å². The highest BCUT2D eigenvalue weighted by Crippen LogP contribution is 2.36. The predicted octanol–water partition coefficient (Wildman–Crippen LogP) is 1.41. The van der Waals surface area contributed by atoms with Crippen LogP contribution < -0.4 is 16.7 Å². The Morgan fingerprint density at radius 3 is 2.17 bits per heavy atom. The number of hydrazine groups is 1. The van der Waals surface area contributed by atoms with Crippen molar-refractivity contribution in [3.63, 3.8) is 0 Å². The normalized spacial score (nSPS) is 21.1. The maximum absolute atomic E-state index is 13.6. The summed E-state index contributed by atoms with van der Waals surface area (Å²) in [5, 5.41) is 0. The molecule has 0 aromatic heterocycles. The zero-order valence-electron chi connectivity index (χ0n) is 11.1. The van der Waals surface area contributed by atoms with Crippen molar-refractivity contribution in [2.45, 2.75) is 38.9 Å². The number of hydrogen-bond donors (Lipinski definition) is 2. The van der Waals surface area contributed by atoms with E-state index in [1.807, 2.05) is 27.7 Å². The molecule has 0 bridgehead atoms. The van der Waals surface area contributed by atoms with Gasteiger partial charge in [0.25, 0.3) is 0 Å². The molecule has 1 aliphatic rings. The Hall–Kier alpha value is -1.11. The van der Waals surface area contributed by atoms with Crippen molar-refractivity contribution < 1.29 is 13.7 Å². The van der Waals surface area contributed by atoms with Crippen molar-refractivity contribution in [3.8, 4) is 0 Å². The van der Waals surface area contributed by atoms with Crippen molar-refractivity contribution in [2.75, 3.05) is 5.43 Å². The number of rotatable bonds is 2. The lowest BCUT2D eigenvalue weighted by Gasteiger charge is -2.32. The molecule has 0 radical (unpaired) electrons. The fraction of sp³-hybridized carbons (Fsp3) is 0.500. The number of nitrogens with two attached hydrogens (primary N) is 1. The first-order valence-electron chi connectivity index (χ1n) is 5.88. The van der Waals surface area contributed by atoms with Gasteiger partial charge in [0.2, 0.25) is 0 Å². The van der Waals surface area contributed by atoms with Crippen LogP contribution in [0.15, 0.2) is 18.2 Å². The summed E-state index contributed by atoms with van der Waals surface area (Å²) in [6.45, 7) is 7.83. The molecule has 1 aliphatic heterocycles. The lowest BCUT2D eigenvalue weighted by molar-refractivity contribution is 0.00578. The molecule has 1 aromatic rings. The van der Waals surface area contributed by atoms with Gasteiger partial charge >= 0.3 is 7.12 Å². The molecule has 0 atom stereocenters. The molecule has 0 aliphatic carbocycles. The van der Waals surface area contributed by atoms with Crippen molar-refractivity contribution in [1.82, 2.24) is 0 Å². The molecule has 1 aromatic carbocycles. The maximum atomic E-state index is 13.6. The van der Waals surface area contributed by atoms with Crippen LogP contribution in [0.2, 0.25) is 0 Å². The minimum atomic E-state index is -0.559. The summed E-state index contributed by atoms with van der Waals surface area (Å²) in [6.07, 6.45) is 0. The summed E-state index contributed by atoms with van der Waals surface area (Å²) >= 11 is 0. The lowest BCUT2D eigenvalue weighted by Crippen LogP contribution is -2.41. The quantitative estimate of drug-likeness (QED) is 0.474. The van der Waals surface area contributed by atoms with Crippen LogP contribution in [-0.2, 0) is 9.31 Å². The van der Waals surface area contributed by atoms with Gasteiger partial charge < -0.3 is 14.7 Å². The molecule has 18 heavy (non-hydrogen) atoms. The van der Waals surface area contributed by atoms with Gasteiger partial charge in [-0.05, 0) is 45.3 Å². The maximum Gasteiger partial charge on any atom is 0.494 e. The monoisotopic (exact) mass is 252 g/mol. The van der Waals surface area contributed by atoms with E-state index in [0.29, 0.717) is 5.46 Å². The first kappa shape index (κ1) is 13.3. The summed E-state index contributed by atoms with van der Waals surface area (Å²) in [5.74, 6) is 4.76. The first-order chi connectivity index (χ1) is 8.27. The van der Waals surface area contributed by atoms with Gasteiger partial charge in [0.15, 0.2) is 0 Å². The molecule has 98 valence electrons. The van der Waals surface area contributed by atoms with Gasteiger partial charge in [-0.1, -0.05) is 6.07 Å². The summed E-state index contributed by atoms with van der Waals surface area (Å²) in [4.78, 5) is 0. The molecule has 1 fully saturated rings. The molecule has 2 rings (SSSR count). The summed E-state index contributed by atoms with van der Waals surface area (Å²) < 4.78 is 25.3. The largest absolute Gasteiger partial charge is 0.494 e. The second-order valence-corrected chi connectivity index (χ2v) is 5.47. The SMILES string of the molecule is CC1(C)OB(c2ccc(NN)c(F)c2)OC1(C)C. The second-order valence-electron chi connectivity index (χ2n) is 5.47. The van der Waals surface area contributed by atoms with Crippen LogP contribution in [0.4, 0.5) is 10.1 Å². The Morgan fingerprint density at radius 2 is 1.72 bits per heavy atom. The van der Waals surface area contributed by atoms with Gasteiger partial charge in [-0.25, -0.2) is 4.39 Å². The molecule has 0 amide bonds. The smallest absolute Gasteiger partial charge is 0.399 e. The Morgan fingerprint density at radius 1 is 1.17 bits per heavy atom. The molecule has 0 spiro atoms. The van der Waals surface area contributed by atoms with E-state index in [-0.39, 0.29) is 5.69 Å². The number of anilines is 1. The van der Waals surface area contributed by atoms with Crippen LogP contribution in [0.25, 0.3) is 0 Å². The molecule has 1 saturated heterocycles. The zero-order valence-corrected chi connectivity index (χ0v) is 11.1. The highest BCUT2D eigenvalue weighted by atomic mass is 19.1. The Kier molecular flexibility index (Phi) is 3.13. The van der Waals surface area contributed by atoms with Crippen molar-refractivity contribution >= 4 is 18.3 Å². The van der Waals surface area contributed by atoms with Crippen LogP contribution in [0.5, 0.6) is 0 Å². The van der Waals surface area contributed by atoms with E-state index in [0.717, 1.165) is 0 Å². The highest BCUT2D eigenvalue weighted by molar-refractivity contribution is 6.62. The van der Waals surface area contributed by atoms with Gasteiger partial charge in [0, 0.05) is 0 Å². The van der Waals surface area contributed by atoms with Gasteiger partial charge in [-0.2, -0.15) is 0 Å². The van der Waals surface area contributed by atoms with E-state index in [4.69, 9.17) is 15.2 Å². The predicted molar refractivity (Wildman–Crippen MR) is 69.9 cm³/mol. The zero-order chi connectivity index (χ0) is 13.6. The summed E-state index contributed by atoms with van der Waals surface area (Å²) in [7, 11) is -0.559. The summed E-state index contributed by atoms with van der Waals surface area (Å²) in [6, 6.07) is 4.67. The average Bonchev–Trinajstić information content (AvgIpc) is 2.48. The van der Waals surface area contributed by atoms with E-state index < -0.39 is 24.1 Å². The van der Waals surface area contributed by atoms with E-state index in [1.165, 1.54) is 6.07 Å². The van der Waals surface area contributed by atoms with Crippen LogP contribution >= 0.6 is 0 Å². The highest BCUT2D eigenvalue weighted by Gasteiger charge is 2.51.